The number of alkyl carbamates (subject to hydrolysis) is 1. The summed E-state index contributed by atoms with van der Waals surface area (Å²) >= 11 is 5.98. The van der Waals surface area contributed by atoms with Gasteiger partial charge in [0.1, 0.15) is 23.2 Å². The third-order valence-electron chi connectivity index (χ3n) is 4.26. The second-order valence-corrected chi connectivity index (χ2v) is 8.37. The van der Waals surface area contributed by atoms with Gasteiger partial charge in [-0.1, -0.05) is 17.7 Å². The Morgan fingerprint density at radius 1 is 1.18 bits per heavy atom. The van der Waals surface area contributed by atoms with Gasteiger partial charge in [-0.2, -0.15) is 0 Å². The van der Waals surface area contributed by atoms with Crippen LogP contribution in [0.25, 0.3) is 0 Å². The molecule has 7 nitrogen and oxygen atoms in total. The first-order chi connectivity index (χ1) is 15.3. The van der Waals surface area contributed by atoms with Crippen molar-refractivity contribution in [2.75, 3.05) is 12.8 Å². The van der Waals surface area contributed by atoms with E-state index in [2.05, 4.69) is 5.32 Å². The molecule has 0 saturated heterocycles. The van der Waals surface area contributed by atoms with Crippen molar-refractivity contribution in [1.29, 1.82) is 0 Å². The second kappa shape index (κ2) is 10.7. The summed E-state index contributed by atoms with van der Waals surface area (Å²) in [5, 5.41) is 2.34. The van der Waals surface area contributed by atoms with Crippen LogP contribution in [0.3, 0.4) is 0 Å². The fourth-order valence-corrected chi connectivity index (χ4v) is 2.95. The molecule has 33 heavy (non-hydrogen) atoms. The van der Waals surface area contributed by atoms with Crippen molar-refractivity contribution in [3.05, 3.63) is 52.3 Å². The maximum atomic E-state index is 13.6. The van der Waals surface area contributed by atoms with Crippen LogP contribution in [0.15, 0.2) is 30.3 Å². The fraction of sp³-hybridized carbons (Fsp3) is 0.364. The number of amides is 1. The Labute approximate surface area is 193 Å². The molecule has 11 heteroatoms. The van der Waals surface area contributed by atoms with Crippen LogP contribution < -0.4 is 15.8 Å². The van der Waals surface area contributed by atoms with Crippen LogP contribution in [0.5, 0.6) is 11.5 Å². The molecule has 0 aliphatic heterocycles. The van der Waals surface area contributed by atoms with E-state index in [-0.39, 0.29) is 28.4 Å². The fourth-order valence-electron chi connectivity index (χ4n) is 2.79. The number of halogens is 4. The number of nitrogens with two attached hydrogens (primary N) is 1. The molecular weight excluding hydrogens is 465 g/mol. The molecule has 0 radical (unpaired) electrons. The van der Waals surface area contributed by atoms with E-state index in [1.165, 1.54) is 12.1 Å². The lowest BCUT2D eigenvalue weighted by Crippen LogP contribution is -2.45. The van der Waals surface area contributed by atoms with E-state index < -0.39 is 47.3 Å². The van der Waals surface area contributed by atoms with E-state index in [1.54, 1.807) is 20.8 Å². The number of esters is 1. The molecule has 0 aromatic heterocycles. The molecule has 0 spiro atoms. The summed E-state index contributed by atoms with van der Waals surface area (Å²) < 4.78 is 56.1. The quantitative estimate of drug-likeness (QED) is 0.400. The Kier molecular flexibility index (Phi) is 8.43. The first kappa shape index (κ1) is 26.1. The van der Waals surface area contributed by atoms with Crippen LogP contribution in [0, 0.1) is 5.82 Å². The van der Waals surface area contributed by atoms with Crippen LogP contribution >= 0.6 is 11.6 Å². The predicted molar refractivity (Wildman–Crippen MR) is 116 cm³/mol. The number of carbonyl (C=O) groups is 2. The summed E-state index contributed by atoms with van der Waals surface area (Å²) in [5.41, 5.74) is 4.65. The molecule has 3 N–H and O–H groups in total. The molecule has 0 unspecified atom stereocenters. The minimum absolute atomic E-state index is 0.0274. The van der Waals surface area contributed by atoms with Crippen LogP contribution in [0.4, 0.5) is 23.7 Å². The minimum atomic E-state index is -2.97. The van der Waals surface area contributed by atoms with Crippen molar-refractivity contribution in [1.82, 2.24) is 5.32 Å². The highest BCUT2D eigenvalue weighted by Crippen LogP contribution is 2.41. The third kappa shape index (κ3) is 7.18. The van der Waals surface area contributed by atoms with Gasteiger partial charge in [0.05, 0.1) is 23.4 Å². The Hall–Kier alpha value is -3.14. The Bertz CT molecular complexity index is 1030. The van der Waals surface area contributed by atoms with E-state index in [1.807, 2.05) is 0 Å². The van der Waals surface area contributed by atoms with Gasteiger partial charge in [0.25, 0.3) is 6.43 Å². The number of benzene rings is 2. The van der Waals surface area contributed by atoms with Gasteiger partial charge in [0.2, 0.25) is 0 Å². The Balaban J connectivity index is 2.42. The highest BCUT2D eigenvalue weighted by atomic mass is 35.5. The van der Waals surface area contributed by atoms with E-state index in [9.17, 15) is 22.8 Å². The average molecular weight is 489 g/mol. The molecule has 2 aromatic carbocycles. The lowest BCUT2D eigenvalue weighted by atomic mass is 10.0. The summed E-state index contributed by atoms with van der Waals surface area (Å²) in [6.07, 6.45) is -4.09. The van der Waals surface area contributed by atoms with Gasteiger partial charge >= 0.3 is 12.1 Å². The first-order valence-corrected chi connectivity index (χ1v) is 10.1. The summed E-state index contributed by atoms with van der Waals surface area (Å²) in [6, 6.07) is 4.28. The summed E-state index contributed by atoms with van der Waals surface area (Å²) in [4.78, 5) is 24.4. The normalized spacial score (nSPS) is 12.3. The molecule has 0 saturated carbocycles. The number of hydrogen-bond donors (Lipinski definition) is 2. The van der Waals surface area contributed by atoms with Crippen molar-refractivity contribution in [3.63, 3.8) is 0 Å². The lowest BCUT2D eigenvalue weighted by Gasteiger charge is -2.23. The van der Waals surface area contributed by atoms with Gasteiger partial charge in [-0.25, -0.2) is 22.8 Å². The number of anilines is 1. The van der Waals surface area contributed by atoms with Gasteiger partial charge in [0.15, 0.2) is 5.75 Å². The van der Waals surface area contributed by atoms with Gasteiger partial charge in [-0.05, 0) is 44.5 Å². The summed E-state index contributed by atoms with van der Waals surface area (Å²) in [7, 11) is 1.12. The highest BCUT2D eigenvalue weighted by molar-refractivity contribution is 6.32. The maximum absolute atomic E-state index is 13.6. The van der Waals surface area contributed by atoms with Crippen LogP contribution in [0.2, 0.25) is 5.02 Å². The topological polar surface area (TPSA) is 99.9 Å². The molecule has 0 aliphatic rings. The number of methoxy groups -OCH3 is 1. The molecule has 0 aliphatic carbocycles. The molecule has 1 amide bonds. The lowest BCUT2D eigenvalue weighted by molar-refractivity contribution is -0.143. The van der Waals surface area contributed by atoms with Crippen molar-refractivity contribution in [3.8, 4) is 11.5 Å². The molecule has 0 fully saturated rings. The molecule has 2 aromatic rings. The number of rotatable bonds is 7. The zero-order chi connectivity index (χ0) is 24.9. The number of alkyl halides is 2. The van der Waals surface area contributed by atoms with Gasteiger partial charge in [0, 0.05) is 12.5 Å². The molecule has 1 atom stereocenters. The van der Waals surface area contributed by atoms with Crippen LogP contribution in [0.1, 0.15) is 38.3 Å². The first-order valence-electron chi connectivity index (χ1n) is 9.72. The third-order valence-corrected chi connectivity index (χ3v) is 4.57. The Morgan fingerprint density at radius 2 is 1.85 bits per heavy atom. The number of nitrogens with one attached hydrogen (secondary N) is 1. The predicted octanol–water partition coefficient (Wildman–Crippen LogP) is 5.40. The van der Waals surface area contributed by atoms with Gasteiger partial charge in [-0.15, -0.1) is 0 Å². The monoisotopic (exact) mass is 488 g/mol. The smallest absolute Gasteiger partial charge is 0.408 e. The van der Waals surface area contributed by atoms with Crippen LogP contribution in [-0.4, -0.2) is 30.8 Å². The molecule has 0 heterocycles. The average Bonchev–Trinajstić information content (AvgIpc) is 2.70. The van der Waals surface area contributed by atoms with Gasteiger partial charge < -0.3 is 25.3 Å². The number of ether oxygens (including phenoxy) is 3. The molecular formula is C22H24ClF3N2O5. The van der Waals surface area contributed by atoms with E-state index in [0.29, 0.717) is 0 Å². The van der Waals surface area contributed by atoms with Crippen molar-refractivity contribution in [2.24, 2.45) is 0 Å². The van der Waals surface area contributed by atoms with Crippen molar-refractivity contribution >= 4 is 29.4 Å². The second-order valence-electron chi connectivity index (χ2n) is 7.96. The van der Waals surface area contributed by atoms with Crippen molar-refractivity contribution in [2.45, 2.75) is 45.3 Å². The largest absolute Gasteiger partial charge is 0.467 e. The van der Waals surface area contributed by atoms with E-state index in [0.717, 1.165) is 25.3 Å². The molecule has 2 rings (SSSR count). The SMILES string of the molecule is COC(=O)[C@@H](Cc1ccc(C(F)F)c(Oc2cc(F)ccc2Cl)c1N)NC(=O)OC(C)(C)C. The highest BCUT2D eigenvalue weighted by Gasteiger charge is 2.28. The standard InChI is InChI=1S/C22H24ClF3N2O5/c1-22(2,3)33-21(30)28-15(20(29)31-4)9-11-5-7-13(19(25)26)18(17(11)27)32-16-10-12(24)6-8-14(16)23/h5-8,10,15,19H,9,27H2,1-4H3,(H,28,30)/t15-/m1/s1. The number of nitrogen functional groups attached to an aromatic ring is 1. The zero-order valence-corrected chi connectivity index (χ0v) is 19.1. The van der Waals surface area contributed by atoms with E-state index in [4.69, 9.17) is 31.5 Å². The maximum Gasteiger partial charge on any atom is 0.408 e. The molecule has 180 valence electrons. The van der Waals surface area contributed by atoms with E-state index >= 15 is 0 Å². The minimum Gasteiger partial charge on any atom is -0.467 e. The summed E-state index contributed by atoms with van der Waals surface area (Å²) in [5.74, 6) is -2.18. The molecule has 0 bridgehead atoms. The van der Waals surface area contributed by atoms with Crippen molar-refractivity contribution < 1.29 is 37.0 Å². The summed E-state index contributed by atoms with van der Waals surface area (Å²) in [6.45, 7) is 4.92. The van der Waals surface area contributed by atoms with Gasteiger partial charge in [-0.3, -0.25) is 0 Å². The Morgan fingerprint density at radius 3 is 2.42 bits per heavy atom. The number of carbonyl (C=O) groups excluding carboxylic acids is 2. The number of hydrogen-bond acceptors (Lipinski definition) is 6. The zero-order valence-electron chi connectivity index (χ0n) is 18.4. The van der Waals surface area contributed by atoms with Crippen LogP contribution in [-0.2, 0) is 20.7 Å².